The largest absolute Gasteiger partial charge is 0.370 e. The maximum absolute atomic E-state index is 11.1. The fraction of sp³-hybridized carbons (Fsp3) is 0.643. The topological polar surface area (TPSA) is 83.3 Å². The van der Waals surface area contributed by atoms with Crippen molar-refractivity contribution in [3.63, 3.8) is 0 Å². The zero-order valence-corrected chi connectivity index (χ0v) is 12.6. The number of aromatic nitrogens is 1. The van der Waals surface area contributed by atoms with Crippen LogP contribution in [-0.2, 0) is 0 Å². The highest BCUT2D eigenvalue weighted by Crippen LogP contribution is 2.25. The molecule has 7 nitrogen and oxygen atoms in total. The van der Waals surface area contributed by atoms with Gasteiger partial charge >= 0.3 is 5.69 Å². The summed E-state index contributed by atoms with van der Waals surface area (Å²) in [6.07, 6.45) is 1.13. The lowest BCUT2D eigenvalue weighted by atomic mass is 10.1. The predicted octanol–water partition coefficient (Wildman–Crippen LogP) is 2.18. The maximum Gasteiger partial charge on any atom is 0.311 e. The molecule has 0 radical (unpaired) electrons. The molecule has 1 aromatic rings. The van der Waals surface area contributed by atoms with Gasteiger partial charge in [0.2, 0.25) is 5.82 Å². The van der Waals surface area contributed by atoms with Crippen LogP contribution < -0.4 is 10.6 Å². The summed E-state index contributed by atoms with van der Waals surface area (Å²) < 4.78 is 0. The minimum atomic E-state index is -0.391. The van der Waals surface area contributed by atoms with Crippen molar-refractivity contribution in [3.8, 4) is 0 Å². The van der Waals surface area contributed by atoms with Crippen molar-refractivity contribution in [2.75, 3.05) is 43.4 Å². The number of hydrogen-bond acceptors (Lipinski definition) is 6. The SMILES string of the molecule is CCNc1ccc([N+](=O)[O-])c(NCC2CCN(CC)C2)n1. The van der Waals surface area contributed by atoms with Crippen molar-refractivity contribution in [3.05, 3.63) is 22.2 Å². The van der Waals surface area contributed by atoms with E-state index in [9.17, 15) is 10.1 Å². The van der Waals surface area contributed by atoms with Gasteiger partial charge in [0.1, 0.15) is 5.82 Å². The number of pyridine rings is 1. The molecule has 116 valence electrons. The van der Waals surface area contributed by atoms with Gasteiger partial charge in [-0.2, -0.15) is 0 Å². The van der Waals surface area contributed by atoms with E-state index in [0.29, 0.717) is 17.6 Å². The van der Waals surface area contributed by atoms with Crippen molar-refractivity contribution in [2.45, 2.75) is 20.3 Å². The average molecular weight is 293 g/mol. The Kier molecular flexibility index (Phi) is 5.32. The third kappa shape index (κ3) is 4.04. The molecule has 2 N–H and O–H groups in total. The van der Waals surface area contributed by atoms with E-state index in [4.69, 9.17) is 0 Å². The summed E-state index contributed by atoms with van der Waals surface area (Å²) in [6, 6.07) is 3.14. The number of nitro groups is 1. The van der Waals surface area contributed by atoms with Crippen molar-refractivity contribution in [2.24, 2.45) is 5.92 Å². The molecule has 7 heteroatoms. The molecule has 1 unspecified atom stereocenters. The van der Waals surface area contributed by atoms with Crippen LogP contribution in [0.4, 0.5) is 17.3 Å². The summed E-state index contributed by atoms with van der Waals surface area (Å²) in [5, 5.41) is 17.3. The highest BCUT2D eigenvalue weighted by molar-refractivity contribution is 5.60. The molecular weight excluding hydrogens is 270 g/mol. The first-order chi connectivity index (χ1) is 10.1. The zero-order valence-electron chi connectivity index (χ0n) is 12.6. The zero-order chi connectivity index (χ0) is 15.2. The van der Waals surface area contributed by atoms with E-state index in [1.165, 1.54) is 6.07 Å². The van der Waals surface area contributed by atoms with E-state index in [0.717, 1.165) is 39.1 Å². The van der Waals surface area contributed by atoms with Crippen LogP contribution in [0.25, 0.3) is 0 Å². The lowest BCUT2D eigenvalue weighted by Gasteiger charge is -2.14. The molecule has 0 bridgehead atoms. The Labute approximate surface area is 124 Å². The fourth-order valence-electron chi connectivity index (χ4n) is 2.62. The van der Waals surface area contributed by atoms with Crippen LogP contribution in [0.15, 0.2) is 12.1 Å². The monoisotopic (exact) mass is 293 g/mol. The third-order valence-electron chi connectivity index (χ3n) is 3.80. The van der Waals surface area contributed by atoms with E-state index < -0.39 is 4.92 Å². The summed E-state index contributed by atoms with van der Waals surface area (Å²) in [6.45, 7) is 8.79. The highest BCUT2D eigenvalue weighted by Gasteiger charge is 2.22. The summed E-state index contributed by atoms with van der Waals surface area (Å²) in [4.78, 5) is 17.4. The first kappa shape index (κ1) is 15.5. The molecule has 0 amide bonds. The van der Waals surface area contributed by atoms with Crippen molar-refractivity contribution >= 4 is 17.3 Å². The van der Waals surface area contributed by atoms with Crippen LogP contribution in [0.2, 0.25) is 0 Å². The van der Waals surface area contributed by atoms with E-state index in [1.54, 1.807) is 6.07 Å². The Morgan fingerprint density at radius 1 is 1.43 bits per heavy atom. The molecule has 1 aliphatic rings. The molecule has 21 heavy (non-hydrogen) atoms. The molecule has 1 aliphatic heterocycles. The van der Waals surface area contributed by atoms with Crippen molar-refractivity contribution in [1.82, 2.24) is 9.88 Å². The summed E-state index contributed by atoms with van der Waals surface area (Å²) in [5.41, 5.74) is 0.0296. The van der Waals surface area contributed by atoms with Crippen LogP contribution in [0.1, 0.15) is 20.3 Å². The van der Waals surface area contributed by atoms with E-state index in [-0.39, 0.29) is 5.69 Å². The lowest BCUT2D eigenvalue weighted by molar-refractivity contribution is -0.384. The molecule has 1 saturated heterocycles. The predicted molar refractivity (Wildman–Crippen MR) is 83.8 cm³/mol. The van der Waals surface area contributed by atoms with Gasteiger partial charge in [-0.05, 0) is 38.4 Å². The van der Waals surface area contributed by atoms with Gasteiger partial charge in [-0.3, -0.25) is 10.1 Å². The molecule has 0 spiro atoms. The van der Waals surface area contributed by atoms with Gasteiger partial charge in [0.15, 0.2) is 0 Å². The number of nitrogens with one attached hydrogen (secondary N) is 2. The second kappa shape index (κ2) is 7.21. The molecule has 2 rings (SSSR count). The number of rotatable bonds is 7. The highest BCUT2D eigenvalue weighted by atomic mass is 16.6. The average Bonchev–Trinajstić information content (AvgIpc) is 2.93. The first-order valence-electron chi connectivity index (χ1n) is 7.49. The molecule has 2 heterocycles. The first-order valence-corrected chi connectivity index (χ1v) is 7.49. The quantitative estimate of drug-likeness (QED) is 0.592. The molecule has 0 saturated carbocycles. The number of hydrogen-bond donors (Lipinski definition) is 2. The second-order valence-electron chi connectivity index (χ2n) is 5.28. The van der Waals surface area contributed by atoms with Crippen LogP contribution in [0.3, 0.4) is 0 Å². The number of likely N-dealkylation sites (tertiary alicyclic amines) is 1. The van der Waals surface area contributed by atoms with Crippen molar-refractivity contribution in [1.29, 1.82) is 0 Å². The lowest BCUT2D eigenvalue weighted by Crippen LogP contribution is -2.23. The van der Waals surface area contributed by atoms with Crippen LogP contribution in [-0.4, -0.2) is 47.5 Å². The molecule has 0 aliphatic carbocycles. The van der Waals surface area contributed by atoms with E-state index in [1.807, 2.05) is 6.92 Å². The smallest absolute Gasteiger partial charge is 0.311 e. The normalized spacial score (nSPS) is 18.7. The summed E-state index contributed by atoms with van der Waals surface area (Å²) in [5.74, 6) is 1.54. The number of nitrogens with zero attached hydrogens (tertiary/aromatic N) is 3. The van der Waals surface area contributed by atoms with Crippen LogP contribution >= 0.6 is 0 Å². The Hall–Kier alpha value is -1.89. The third-order valence-corrected chi connectivity index (χ3v) is 3.80. The van der Waals surface area contributed by atoms with E-state index >= 15 is 0 Å². The number of anilines is 2. The standard InChI is InChI=1S/C14H23N5O2/c1-3-15-13-6-5-12(19(20)21)14(17-13)16-9-11-7-8-18(4-2)10-11/h5-6,11H,3-4,7-10H2,1-2H3,(H2,15,16,17). The van der Waals surface area contributed by atoms with Gasteiger partial charge < -0.3 is 15.5 Å². The van der Waals surface area contributed by atoms with Gasteiger partial charge in [-0.1, -0.05) is 6.92 Å². The van der Waals surface area contributed by atoms with Gasteiger partial charge in [-0.25, -0.2) is 4.98 Å². The van der Waals surface area contributed by atoms with Crippen LogP contribution in [0, 0.1) is 16.0 Å². The molecule has 0 aromatic carbocycles. The Bertz CT molecular complexity index is 494. The van der Waals surface area contributed by atoms with Gasteiger partial charge in [0.05, 0.1) is 4.92 Å². The molecule has 1 aromatic heterocycles. The van der Waals surface area contributed by atoms with E-state index in [2.05, 4.69) is 27.4 Å². The van der Waals surface area contributed by atoms with Crippen molar-refractivity contribution < 1.29 is 4.92 Å². The molecule has 1 fully saturated rings. The Morgan fingerprint density at radius 2 is 2.24 bits per heavy atom. The maximum atomic E-state index is 11.1. The fourth-order valence-corrected chi connectivity index (χ4v) is 2.62. The minimum absolute atomic E-state index is 0.0296. The Morgan fingerprint density at radius 3 is 2.86 bits per heavy atom. The Balaban J connectivity index is 2.03. The molecule has 1 atom stereocenters. The minimum Gasteiger partial charge on any atom is -0.370 e. The van der Waals surface area contributed by atoms with Crippen LogP contribution in [0.5, 0.6) is 0 Å². The second-order valence-corrected chi connectivity index (χ2v) is 5.28. The molecular formula is C14H23N5O2. The van der Waals surface area contributed by atoms with Gasteiger partial charge in [0.25, 0.3) is 0 Å². The summed E-state index contributed by atoms with van der Waals surface area (Å²) >= 11 is 0. The van der Waals surface area contributed by atoms with Gasteiger partial charge in [-0.15, -0.1) is 0 Å². The van der Waals surface area contributed by atoms with Gasteiger partial charge in [0, 0.05) is 25.7 Å². The summed E-state index contributed by atoms with van der Waals surface area (Å²) in [7, 11) is 0.